The van der Waals surface area contributed by atoms with E-state index in [1.165, 1.54) is 0 Å². The van der Waals surface area contributed by atoms with Gasteiger partial charge in [-0.3, -0.25) is 0 Å². The van der Waals surface area contributed by atoms with Gasteiger partial charge in [0.25, 0.3) is 0 Å². The standard InChI is InChI=1S/C12H14N4O/c1-6-17-8-10(1)11-7-12(15-9-14-11)16-4-2-13-3-5-16/h1,6-9,13H,2-5H2. The summed E-state index contributed by atoms with van der Waals surface area (Å²) in [6.45, 7) is 3.99. The molecule has 0 saturated carbocycles. The van der Waals surface area contributed by atoms with Crippen molar-refractivity contribution in [2.75, 3.05) is 31.1 Å². The molecule has 3 rings (SSSR count). The Morgan fingerprint density at radius 1 is 1.24 bits per heavy atom. The molecule has 1 saturated heterocycles. The average Bonchev–Trinajstić information content (AvgIpc) is 2.94. The lowest BCUT2D eigenvalue weighted by atomic mass is 10.2. The summed E-state index contributed by atoms with van der Waals surface area (Å²) >= 11 is 0. The van der Waals surface area contributed by atoms with Crippen molar-refractivity contribution in [3.63, 3.8) is 0 Å². The van der Waals surface area contributed by atoms with Gasteiger partial charge >= 0.3 is 0 Å². The van der Waals surface area contributed by atoms with Gasteiger partial charge in [-0.2, -0.15) is 0 Å². The van der Waals surface area contributed by atoms with Crippen LogP contribution in [-0.4, -0.2) is 36.1 Å². The number of aromatic nitrogens is 2. The molecular formula is C12H14N4O. The molecule has 1 fully saturated rings. The van der Waals surface area contributed by atoms with Crippen LogP contribution in [0.4, 0.5) is 5.82 Å². The third-order valence-corrected chi connectivity index (χ3v) is 2.91. The molecular weight excluding hydrogens is 216 g/mol. The van der Waals surface area contributed by atoms with Gasteiger partial charge in [0.15, 0.2) is 0 Å². The van der Waals surface area contributed by atoms with Gasteiger partial charge in [0.2, 0.25) is 0 Å². The molecule has 1 aliphatic heterocycles. The predicted molar refractivity (Wildman–Crippen MR) is 64.8 cm³/mol. The number of piperazine rings is 1. The SMILES string of the molecule is c1nc(-c2ccoc2)cc(N2CCNCC2)n1. The minimum atomic E-state index is 0.905. The van der Waals surface area contributed by atoms with E-state index >= 15 is 0 Å². The molecule has 0 amide bonds. The molecule has 88 valence electrons. The van der Waals surface area contributed by atoms with Gasteiger partial charge in [-0.1, -0.05) is 0 Å². The lowest BCUT2D eigenvalue weighted by Gasteiger charge is -2.28. The lowest BCUT2D eigenvalue weighted by molar-refractivity contribution is 0.568. The highest BCUT2D eigenvalue weighted by atomic mass is 16.3. The number of rotatable bonds is 2. The molecule has 2 aromatic rings. The first-order valence-electron chi connectivity index (χ1n) is 5.74. The van der Waals surface area contributed by atoms with Crippen LogP contribution in [0, 0.1) is 0 Å². The van der Waals surface area contributed by atoms with E-state index in [4.69, 9.17) is 4.42 Å². The van der Waals surface area contributed by atoms with Gasteiger partial charge < -0.3 is 14.6 Å². The Morgan fingerprint density at radius 3 is 2.88 bits per heavy atom. The third-order valence-electron chi connectivity index (χ3n) is 2.91. The van der Waals surface area contributed by atoms with E-state index in [9.17, 15) is 0 Å². The normalized spacial score (nSPS) is 16.1. The molecule has 5 heteroatoms. The number of hydrogen-bond donors (Lipinski definition) is 1. The van der Waals surface area contributed by atoms with Crippen LogP contribution in [-0.2, 0) is 0 Å². The third kappa shape index (κ3) is 2.14. The van der Waals surface area contributed by atoms with Gasteiger partial charge in [-0.25, -0.2) is 9.97 Å². The van der Waals surface area contributed by atoms with Crippen molar-refractivity contribution >= 4 is 5.82 Å². The van der Waals surface area contributed by atoms with Crippen LogP contribution < -0.4 is 10.2 Å². The molecule has 0 aromatic carbocycles. The molecule has 2 aromatic heterocycles. The molecule has 0 atom stereocenters. The van der Waals surface area contributed by atoms with Crippen LogP contribution in [0.2, 0.25) is 0 Å². The van der Waals surface area contributed by atoms with E-state index in [0.717, 1.165) is 43.3 Å². The van der Waals surface area contributed by atoms with Gasteiger partial charge in [-0.05, 0) is 6.07 Å². The number of hydrogen-bond acceptors (Lipinski definition) is 5. The predicted octanol–water partition coefficient (Wildman–Crippen LogP) is 1.15. The molecule has 1 N–H and O–H groups in total. The number of furan rings is 1. The molecule has 0 unspecified atom stereocenters. The van der Waals surface area contributed by atoms with Gasteiger partial charge in [-0.15, -0.1) is 0 Å². The first kappa shape index (κ1) is 10.3. The maximum atomic E-state index is 5.07. The first-order chi connectivity index (χ1) is 8.43. The highest BCUT2D eigenvalue weighted by Gasteiger charge is 2.12. The zero-order chi connectivity index (χ0) is 11.5. The van der Waals surface area contributed by atoms with E-state index < -0.39 is 0 Å². The fraction of sp³-hybridized carbons (Fsp3) is 0.333. The molecule has 0 spiro atoms. The molecule has 0 aliphatic carbocycles. The summed E-state index contributed by atoms with van der Waals surface area (Å²) in [6.07, 6.45) is 4.96. The molecule has 1 aliphatic rings. The van der Waals surface area contributed by atoms with Crippen molar-refractivity contribution in [1.82, 2.24) is 15.3 Å². The second kappa shape index (κ2) is 4.55. The van der Waals surface area contributed by atoms with Crippen LogP contribution in [0.25, 0.3) is 11.3 Å². The van der Waals surface area contributed by atoms with Crippen molar-refractivity contribution in [3.8, 4) is 11.3 Å². The summed E-state index contributed by atoms with van der Waals surface area (Å²) in [5.41, 5.74) is 1.89. The molecule has 5 nitrogen and oxygen atoms in total. The van der Waals surface area contributed by atoms with Crippen LogP contribution in [0.1, 0.15) is 0 Å². The first-order valence-corrected chi connectivity index (χ1v) is 5.74. The number of nitrogens with zero attached hydrogens (tertiary/aromatic N) is 3. The van der Waals surface area contributed by atoms with Crippen molar-refractivity contribution in [2.24, 2.45) is 0 Å². The van der Waals surface area contributed by atoms with E-state index in [0.29, 0.717) is 0 Å². The van der Waals surface area contributed by atoms with Crippen molar-refractivity contribution in [2.45, 2.75) is 0 Å². The van der Waals surface area contributed by atoms with E-state index in [1.54, 1.807) is 18.9 Å². The van der Waals surface area contributed by atoms with Crippen molar-refractivity contribution < 1.29 is 4.42 Å². The number of anilines is 1. The molecule has 3 heterocycles. The minimum absolute atomic E-state index is 0.905. The smallest absolute Gasteiger partial charge is 0.132 e. The van der Waals surface area contributed by atoms with Gasteiger partial charge in [0, 0.05) is 37.8 Å². The average molecular weight is 230 g/mol. The van der Waals surface area contributed by atoms with Crippen molar-refractivity contribution in [3.05, 3.63) is 31.0 Å². The Kier molecular flexibility index (Phi) is 2.75. The summed E-state index contributed by atoms with van der Waals surface area (Å²) in [6, 6.07) is 3.92. The second-order valence-electron chi connectivity index (χ2n) is 4.01. The van der Waals surface area contributed by atoms with E-state index in [1.807, 2.05) is 12.1 Å². The van der Waals surface area contributed by atoms with Crippen molar-refractivity contribution in [1.29, 1.82) is 0 Å². The van der Waals surface area contributed by atoms with Crippen LogP contribution in [0.15, 0.2) is 35.4 Å². The zero-order valence-electron chi connectivity index (χ0n) is 9.47. The highest BCUT2D eigenvalue weighted by molar-refractivity contribution is 5.61. The van der Waals surface area contributed by atoms with Crippen LogP contribution in [0.3, 0.4) is 0 Å². The lowest BCUT2D eigenvalue weighted by Crippen LogP contribution is -2.43. The summed E-state index contributed by atoms with van der Waals surface area (Å²) in [7, 11) is 0. The fourth-order valence-electron chi connectivity index (χ4n) is 1.98. The zero-order valence-corrected chi connectivity index (χ0v) is 9.47. The quantitative estimate of drug-likeness (QED) is 0.838. The molecule has 17 heavy (non-hydrogen) atoms. The highest BCUT2D eigenvalue weighted by Crippen LogP contribution is 2.20. The van der Waals surface area contributed by atoms with Gasteiger partial charge in [0.1, 0.15) is 12.1 Å². The fourth-order valence-corrected chi connectivity index (χ4v) is 1.98. The Balaban J connectivity index is 1.88. The van der Waals surface area contributed by atoms with Gasteiger partial charge in [0.05, 0.1) is 18.2 Å². The summed E-state index contributed by atoms with van der Waals surface area (Å²) in [5, 5.41) is 3.33. The summed E-state index contributed by atoms with van der Waals surface area (Å²) in [5.74, 6) is 0.984. The minimum Gasteiger partial charge on any atom is -0.472 e. The summed E-state index contributed by atoms with van der Waals surface area (Å²) in [4.78, 5) is 10.9. The molecule has 0 bridgehead atoms. The summed E-state index contributed by atoms with van der Waals surface area (Å²) < 4.78 is 5.07. The largest absolute Gasteiger partial charge is 0.472 e. The van der Waals surface area contributed by atoms with Crippen LogP contribution in [0.5, 0.6) is 0 Å². The Morgan fingerprint density at radius 2 is 2.12 bits per heavy atom. The maximum Gasteiger partial charge on any atom is 0.132 e. The topological polar surface area (TPSA) is 54.2 Å². The maximum absolute atomic E-state index is 5.07. The Hall–Kier alpha value is -1.88. The molecule has 0 radical (unpaired) electrons. The van der Waals surface area contributed by atoms with E-state index in [-0.39, 0.29) is 0 Å². The van der Waals surface area contributed by atoms with E-state index in [2.05, 4.69) is 20.2 Å². The Labute approximate surface area is 99.5 Å². The van der Waals surface area contributed by atoms with Crippen LogP contribution >= 0.6 is 0 Å². The number of nitrogens with one attached hydrogen (secondary N) is 1. The Bertz CT molecular complexity index is 477. The second-order valence-corrected chi connectivity index (χ2v) is 4.01. The monoisotopic (exact) mass is 230 g/mol.